The quantitative estimate of drug-likeness (QED) is 0.767. The molecule has 1 aliphatic heterocycles. The largest absolute Gasteiger partial charge is 0.379 e. The molecular weight excluding hydrogens is 266 g/mol. The minimum Gasteiger partial charge on any atom is -0.379 e. The number of ether oxygens (including phenoxy) is 1. The lowest BCUT2D eigenvalue weighted by Crippen LogP contribution is -2.47. The van der Waals surface area contributed by atoms with Gasteiger partial charge in [-0.15, -0.1) is 0 Å². The third kappa shape index (κ3) is 5.57. The van der Waals surface area contributed by atoms with Gasteiger partial charge in [-0.05, 0) is 38.6 Å². The normalized spacial score (nSPS) is 29.0. The highest BCUT2D eigenvalue weighted by atomic mass is 16.5. The molecule has 0 spiro atoms. The Hall–Kier alpha value is -0.650. The lowest BCUT2D eigenvalue weighted by atomic mass is 9.79. The van der Waals surface area contributed by atoms with Crippen molar-refractivity contribution in [3.05, 3.63) is 0 Å². The Kier molecular flexibility index (Phi) is 6.93. The lowest BCUT2D eigenvalue weighted by Gasteiger charge is -2.32. The first-order valence-electron chi connectivity index (χ1n) is 8.49. The zero-order chi connectivity index (χ0) is 15.1. The Morgan fingerprint density at radius 3 is 2.86 bits per heavy atom. The van der Waals surface area contributed by atoms with E-state index in [0.29, 0.717) is 5.92 Å². The van der Waals surface area contributed by atoms with Crippen LogP contribution >= 0.6 is 0 Å². The number of amides is 1. The molecule has 0 aromatic heterocycles. The van der Waals surface area contributed by atoms with Crippen molar-refractivity contribution in [2.75, 3.05) is 39.4 Å². The van der Waals surface area contributed by atoms with Crippen LogP contribution in [0.25, 0.3) is 0 Å². The topological polar surface area (TPSA) is 67.6 Å². The molecule has 2 fully saturated rings. The van der Waals surface area contributed by atoms with Crippen molar-refractivity contribution in [2.24, 2.45) is 17.6 Å². The molecule has 21 heavy (non-hydrogen) atoms. The van der Waals surface area contributed by atoms with Gasteiger partial charge in [-0.1, -0.05) is 12.8 Å². The Labute approximate surface area is 128 Å². The van der Waals surface area contributed by atoms with Crippen LogP contribution in [0.3, 0.4) is 0 Å². The van der Waals surface area contributed by atoms with Crippen LogP contribution in [0.4, 0.5) is 0 Å². The summed E-state index contributed by atoms with van der Waals surface area (Å²) in [5.74, 6) is 1.09. The van der Waals surface area contributed by atoms with E-state index < -0.39 is 0 Å². The van der Waals surface area contributed by atoms with E-state index in [9.17, 15) is 4.79 Å². The second-order valence-electron chi connectivity index (χ2n) is 6.63. The molecule has 2 aliphatic rings. The number of hydrogen-bond donors (Lipinski definition) is 2. The van der Waals surface area contributed by atoms with Crippen molar-refractivity contribution in [1.29, 1.82) is 0 Å². The predicted molar refractivity (Wildman–Crippen MR) is 84.0 cm³/mol. The maximum absolute atomic E-state index is 12.4. The maximum atomic E-state index is 12.4. The van der Waals surface area contributed by atoms with Crippen molar-refractivity contribution in [1.82, 2.24) is 10.2 Å². The van der Waals surface area contributed by atoms with Crippen molar-refractivity contribution in [3.8, 4) is 0 Å². The summed E-state index contributed by atoms with van der Waals surface area (Å²) in [4.78, 5) is 14.8. The van der Waals surface area contributed by atoms with E-state index in [1.54, 1.807) is 0 Å². The van der Waals surface area contributed by atoms with Crippen molar-refractivity contribution >= 4 is 5.91 Å². The van der Waals surface area contributed by atoms with E-state index in [0.717, 1.165) is 58.7 Å². The van der Waals surface area contributed by atoms with Crippen molar-refractivity contribution in [2.45, 2.75) is 45.1 Å². The van der Waals surface area contributed by atoms with Gasteiger partial charge in [-0.25, -0.2) is 0 Å². The summed E-state index contributed by atoms with van der Waals surface area (Å²) in [6.07, 6.45) is 5.53. The van der Waals surface area contributed by atoms with Gasteiger partial charge in [-0.2, -0.15) is 0 Å². The highest BCUT2D eigenvalue weighted by Gasteiger charge is 2.27. The summed E-state index contributed by atoms with van der Waals surface area (Å²) in [5, 5.41) is 3.21. The molecule has 1 saturated heterocycles. The molecule has 3 atom stereocenters. The molecule has 3 unspecified atom stereocenters. The average Bonchev–Trinajstić information content (AvgIpc) is 2.48. The van der Waals surface area contributed by atoms with E-state index in [4.69, 9.17) is 10.5 Å². The van der Waals surface area contributed by atoms with Gasteiger partial charge in [0, 0.05) is 31.6 Å². The van der Waals surface area contributed by atoms with Gasteiger partial charge in [0.25, 0.3) is 0 Å². The van der Waals surface area contributed by atoms with Crippen LogP contribution in [0, 0.1) is 11.8 Å². The van der Waals surface area contributed by atoms with Gasteiger partial charge in [-0.3, -0.25) is 9.69 Å². The molecule has 5 nitrogen and oxygen atoms in total. The first-order chi connectivity index (χ1) is 10.2. The number of nitrogens with one attached hydrogen (secondary N) is 1. The summed E-state index contributed by atoms with van der Waals surface area (Å²) in [5.41, 5.74) is 5.65. The third-order valence-electron chi connectivity index (χ3n) is 4.75. The van der Waals surface area contributed by atoms with Gasteiger partial charge in [0.2, 0.25) is 5.91 Å². The van der Waals surface area contributed by atoms with Crippen LogP contribution in [0.5, 0.6) is 0 Å². The fourth-order valence-corrected chi connectivity index (χ4v) is 3.60. The number of morpholine rings is 1. The molecule has 0 radical (unpaired) electrons. The Morgan fingerprint density at radius 2 is 2.14 bits per heavy atom. The number of hydrogen-bond acceptors (Lipinski definition) is 4. The van der Waals surface area contributed by atoms with Crippen LogP contribution in [0.1, 0.15) is 39.0 Å². The zero-order valence-electron chi connectivity index (χ0n) is 13.4. The summed E-state index contributed by atoms with van der Waals surface area (Å²) >= 11 is 0. The number of nitrogens with two attached hydrogens (primary N) is 1. The van der Waals surface area contributed by atoms with E-state index in [1.807, 2.05) is 0 Å². The molecule has 0 bridgehead atoms. The Morgan fingerprint density at radius 1 is 1.38 bits per heavy atom. The van der Waals surface area contributed by atoms with E-state index in [1.165, 1.54) is 12.8 Å². The fraction of sp³-hybridized carbons (Fsp3) is 0.938. The number of nitrogens with zero attached hydrogens (tertiary/aromatic N) is 1. The minimum absolute atomic E-state index is 0.197. The molecule has 122 valence electrons. The summed E-state index contributed by atoms with van der Waals surface area (Å²) in [6.45, 7) is 7.34. The molecule has 0 aromatic rings. The fourth-order valence-electron chi connectivity index (χ4n) is 3.60. The third-order valence-corrected chi connectivity index (χ3v) is 4.75. The number of rotatable bonds is 6. The van der Waals surface area contributed by atoms with Crippen LogP contribution < -0.4 is 11.1 Å². The smallest absolute Gasteiger partial charge is 0.223 e. The summed E-state index contributed by atoms with van der Waals surface area (Å²) in [7, 11) is 0. The second kappa shape index (κ2) is 8.71. The molecule has 2 rings (SSSR count). The molecule has 1 amide bonds. The van der Waals surface area contributed by atoms with Gasteiger partial charge in [0.05, 0.1) is 13.2 Å². The number of carbonyl (C=O) groups excluding carboxylic acids is 1. The Bertz CT molecular complexity index is 317. The monoisotopic (exact) mass is 297 g/mol. The molecule has 0 aromatic carbocycles. The van der Waals surface area contributed by atoms with Crippen LogP contribution in [-0.4, -0.2) is 56.2 Å². The zero-order valence-corrected chi connectivity index (χ0v) is 13.4. The van der Waals surface area contributed by atoms with E-state index >= 15 is 0 Å². The minimum atomic E-state index is 0.197. The highest BCUT2D eigenvalue weighted by Crippen LogP contribution is 2.30. The highest BCUT2D eigenvalue weighted by molar-refractivity contribution is 5.79. The predicted octanol–water partition coefficient (Wildman–Crippen LogP) is 0.979. The maximum Gasteiger partial charge on any atom is 0.223 e. The average molecular weight is 297 g/mol. The number of carbonyl (C=O) groups is 1. The molecule has 1 aliphatic carbocycles. The molecule has 5 heteroatoms. The van der Waals surface area contributed by atoms with E-state index in [-0.39, 0.29) is 17.9 Å². The second-order valence-corrected chi connectivity index (χ2v) is 6.63. The van der Waals surface area contributed by atoms with Gasteiger partial charge in [0.1, 0.15) is 0 Å². The SMILES string of the molecule is CC(CN1CCOCC1)NC(=O)C1CCCC(CCN)C1. The van der Waals surface area contributed by atoms with Gasteiger partial charge < -0.3 is 15.8 Å². The first-order valence-corrected chi connectivity index (χ1v) is 8.49. The van der Waals surface area contributed by atoms with Crippen LogP contribution in [-0.2, 0) is 9.53 Å². The molecule has 1 heterocycles. The summed E-state index contributed by atoms with van der Waals surface area (Å²) in [6, 6.07) is 0.213. The standard InChI is InChI=1S/C16H31N3O2/c1-13(12-19-7-9-21-10-8-19)18-16(20)15-4-2-3-14(11-15)5-6-17/h13-15H,2-12,17H2,1H3,(H,18,20). The van der Waals surface area contributed by atoms with Gasteiger partial charge >= 0.3 is 0 Å². The molecule has 3 N–H and O–H groups in total. The van der Waals surface area contributed by atoms with Crippen molar-refractivity contribution < 1.29 is 9.53 Å². The summed E-state index contributed by atoms with van der Waals surface area (Å²) < 4.78 is 5.35. The molecule has 1 saturated carbocycles. The van der Waals surface area contributed by atoms with Crippen LogP contribution in [0.2, 0.25) is 0 Å². The van der Waals surface area contributed by atoms with Crippen molar-refractivity contribution in [3.63, 3.8) is 0 Å². The molecular formula is C16H31N3O2. The lowest BCUT2D eigenvalue weighted by molar-refractivity contribution is -0.127. The first kappa shape index (κ1) is 16.7. The van der Waals surface area contributed by atoms with Crippen LogP contribution in [0.15, 0.2) is 0 Å². The van der Waals surface area contributed by atoms with E-state index in [2.05, 4.69) is 17.1 Å². The Balaban J connectivity index is 1.72. The van der Waals surface area contributed by atoms with Gasteiger partial charge in [0.15, 0.2) is 0 Å².